The highest BCUT2D eigenvalue weighted by Gasteiger charge is 2.19. The van der Waals surface area contributed by atoms with E-state index in [0.717, 1.165) is 10.9 Å². The summed E-state index contributed by atoms with van der Waals surface area (Å²) < 4.78 is 18.0. The summed E-state index contributed by atoms with van der Waals surface area (Å²) in [5.41, 5.74) is 1.36. The van der Waals surface area contributed by atoms with Crippen LogP contribution in [0.15, 0.2) is 42.5 Å². The molecule has 1 N–H and O–H groups in total. The molecule has 0 radical (unpaired) electrons. The van der Waals surface area contributed by atoms with Crippen molar-refractivity contribution in [3.8, 4) is 17.2 Å². The Balaban J connectivity index is 1.37. The molecule has 1 amide bonds. The van der Waals surface area contributed by atoms with E-state index in [9.17, 15) is 4.79 Å². The van der Waals surface area contributed by atoms with Gasteiger partial charge in [-0.2, -0.15) is 0 Å². The molecule has 3 aromatic rings. The van der Waals surface area contributed by atoms with Crippen molar-refractivity contribution in [2.75, 3.05) is 19.9 Å². The van der Waals surface area contributed by atoms with Gasteiger partial charge in [0.15, 0.2) is 11.5 Å². The molecule has 2 heterocycles. The monoisotopic (exact) mass is 372 g/mol. The minimum Gasteiger partial charge on any atom is -0.492 e. The van der Waals surface area contributed by atoms with Crippen LogP contribution in [0, 0.1) is 0 Å². The topological polar surface area (TPSA) is 61.7 Å². The minimum absolute atomic E-state index is 0.223. The summed E-state index contributed by atoms with van der Waals surface area (Å²) in [6.45, 7) is 0.901. The molecule has 6 nitrogen and oxygen atoms in total. The quantitative estimate of drug-likeness (QED) is 0.697. The van der Waals surface area contributed by atoms with Gasteiger partial charge in [-0.05, 0) is 18.2 Å². The van der Waals surface area contributed by atoms with Crippen molar-refractivity contribution in [2.24, 2.45) is 7.05 Å². The van der Waals surface area contributed by atoms with Crippen molar-refractivity contribution in [3.63, 3.8) is 0 Å². The normalized spacial score (nSPS) is 12.4. The molecule has 26 heavy (non-hydrogen) atoms. The zero-order valence-corrected chi connectivity index (χ0v) is 14.9. The Bertz CT molecular complexity index is 944. The third-order valence-electron chi connectivity index (χ3n) is 4.26. The number of carbonyl (C=O) groups excluding carboxylic acids is 1. The second-order valence-corrected chi connectivity index (χ2v) is 6.24. The maximum absolute atomic E-state index is 12.5. The number of aromatic nitrogens is 1. The van der Waals surface area contributed by atoms with E-state index in [1.807, 2.05) is 31.3 Å². The molecular weight excluding hydrogens is 356 g/mol. The van der Waals surface area contributed by atoms with Crippen molar-refractivity contribution in [3.05, 3.63) is 53.2 Å². The summed E-state index contributed by atoms with van der Waals surface area (Å²) in [5, 5.41) is 4.15. The zero-order chi connectivity index (χ0) is 18.1. The van der Waals surface area contributed by atoms with Gasteiger partial charge in [-0.15, -0.1) is 0 Å². The van der Waals surface area contributed by atoms with E-state index < -0.39 is 0 Å². The highest BCUT2D eigenvalue weighted by atomic mass is 35.5. The van der Waals surface area contributed by atoms with Crippen molar-refractivity contribution in [1.29, 1.82) is 0 Å². The molecule has 4 rings (SSSR count). The number of benzene rings is 2. The van der Waals surface area contributed by atoms with Gasteiger partial charge >= 0.3 is 0 Å². The fraction of sp³-hybridized carbons (Fsp3) is 0.211. The number of hydrogen-bond acceptors (Lipinski definition) is 4. The Labute approximate surface area is 155 Å². The lowest BCUT2D eigenvalue weighted by atomic mass is 10.2. The number of rotatable bonds is 5. The minimum atomic E-state index is -0.233. The van der Waals surface area contributed by atoms with Gasteiger partial charge in [0.25, 0.3) is 5.91 Å². The number of aryl methyl sites for hydroxylation is 1. The average Bonchev–Trinajstić information content (AvgIpc) is 3.22. The number of para-hydroxylation sites is 1. The lowest BCUT2D eigenvalue weighted by Gasteiger charge is -2.09. The fourth-order valence-corrected chi connectivity index (χ4v) is 3.36. The highest BCUT2D eigenvalue weighted by Crippen LogP contribution is 2.35. The molecule has 2 aromatic carbocycles. The second-order valence-electron chi connectivity index (χ2n) is 5.86. The predicted molar refractivity (Wildman–Crippen MR) is 98.3 cm³/mol. The Morgan fingerprint density at radius 3 is 2.88 bits per heavy atom. The van der Waals surface area contributed by atoms with Crippen LogP contribution in [0.2, 0.25) is 5.02 Å². The van der Waals surface area contributed by atoms with Crippen molar-refractivity contribution >= 4 is 28.4 Å². The first-order valence-electron chi connectivity index (χ1n) is 8.18. The molecule has 1 aromatic heterocycles. The van der Waals surface area contributed by atoms with Crippen LogP contribution in [-0.4, -0.2) is 30.4 Å². The molecule has 1 aliphatic heterocycles. The van der Waals surface area contributed by atoms with Crippen LogP contribution in [0.3, 0.4) is 0 Å². The van der Waals surface area contributed by atoms with Gasteiger partial charge in [0.1, 0.15) is 18.1 Å². The molecule has 134 valence electrons. The van der Waals surface area contributed by atoms with Crippen LogP contribution >= 0.6 is 11.6 Å². The second kappa shape index (κ2) is 6.80. The maximum Gasteiger partial charge on any atom is 0.269 e. The van der Waals surface area contributed by atoms with Crippen LogP contribution in [-0.2, 0) is 7.05 Å². The SMILES string of the molecule is Cn1c(C(=O)NCCOc2ccc3c(c2)OCO3)c(Cl)c2ccccc21. The molecule has 0 saturated heterocycles. The van der Waals surface area contributed by atoms with Crippen molar-refractivity contribution in [1.82, 2.24) is 9.88 Å². The Morgan fingerprint density at radius 2 is 2.04 bits per heavy atom. The molecular formula is C19H17ClN2O4. The Kier molecular flexibility index (Phi) is 4.34. The van der Waals surface area contributed by atoms with Gasteiger partial charge in [-0.1, -0.05) is 29.8 Å². The third kappa shape index (κ3) is 2.93. The van der Waals surface area contributed by atoms with Crippen molar-refractivity contribution in [2.45, 2.75) is 0 Å². The van der Waals surface area contributed by atoms with Crippen LogP contribution in [0.1, 0.15) is 10.5 Å². The Morgan fingerprint density at radius 1 is 1.23 bits per heavy atom. The molecule has 0 spiro atoms. The summed E-state index contributed by atoms with van der Waals surface area (Å²) in [7, 11) is 1.83. The van der Waals surface area contributed by atoms with Crippen LogP contribution < -0.4 is 19.5 Å². The molecule has 0 atom stereocenters. The van der Waals surface area contributed by atoms with Gasteiger partial charge in [0, 0.05) is 24.0 Å². The van der Waals surface area contributed by atoms with Gasteiger partial charge in [-0.25, -0.2) is 0 Å². The molecule has 7 heteroatoms. The predicted octanol–water partition coefficient (Wildman–Crippen LogP) is 3.37. The summed E-state index contributed by atoms with van der Waals surface area (Å²) in [6, 6.07) is 13.0. The average molecular weight is 373 g/mol. The first-order valence-corrected chi connectivity index (χ1v) is 8.56. The summed E-state index contributed by atoms with van der Waals surface area (Å²) >= 11 is 6.38. The molecule has 0 fully saturated rings. The summed E-state index contributed by atoms with van der Waals surface area (Å²) in [5.74, 6) is 1.79. The van der Waals surface area contributed by atoms with Gasteiger partial charge in [0.2, 0.25) is 6.79 Å². The number of amides is 1. The van der Waals surface area contributed by atoms with Gasteiger partial charge in [-0.3, -0.25) is 4.79 Å². The number of carbonyl (C=O) groups is 1. The molecule has 0 unspecified atom stereocenters. The van der Waals surface area contributed by atoms with Crippen LogP contribution in [0.5, 0.6) is 17.2 Å². The number of fused-ring (bicyclic) bond motifs is 2. The number of halogens is 1. The van der Waals surface area contributed by atoms with Gasteiger partial charge in [0.05, 0.1) is 11.6 Å². The van der Waals surface area contributed by atoms with E-state index >= 15 is 0 Å². The van der Waals surface area contributed by atoms with E-state index in [1.165, 1.54) is 0 Å². The fourth-order valence-electron chi connectivity index (χ4n) is 2.98. The standard InChI is InChI=1S/C19H17ClN2O4/c1-22-14-5-3-2-4-13(14)17(20)18(22)19(23)21-8-9-24-12-6-7-15-16(10-12)26-11-25-15/h2-7,10H,8-9,11H2,1H3,(H,21,23). The smallest absolute Gasteiger partial charge is 0.269 e. The van der Waals surface area contributed by atoms with E-state index in [0.29, 0.717) is 41.1 Å². The number of nitrogens with one attached hydrogen (secondary N) is 1. The summed E-state index contributed by atoms with van der Waals surface area (Å²) in [6.07, 6.45) is 0. The molecule has 0 bridgehead atoms. The van der Waals surface area contributed by atoms with E-state index in [4.69, 9.17) is 25.8 Å². The lowest BCUT2D eigenvalue weighted by molar-refractivity contribution is 0.0939. The maximum atomic E-state index is 12.5. The first kappa shape index (κ1) is 16.6. The van der Waals surface area contributed by atoms with Crippen LogP contribution in [0.25, 0.3) is 10.9 Å². The number of ether oxygens (including phenoxy) is 3. The third-order valence-corrected chi connectivity index (χ3v) is 4.64. The van der Waals surface area contributed by atoms with E-state index in [1.54, 1.807) is 22.8 Å². The number of hydrogen-bond donors (Lipinski definition) is 1. The largest absolute Gasteiger partial charge is 0.492 e. The zero-order valence-electron chi connectivity index (χ0n) is 14.1. The van der Waals surface area contributed by atoms with Crippen molar-refractivity contribution < 1.29 is 19.0 Å². The molecule has 1 aliphatic rings. The molecule has 0 saturated carbocycles. The van der Waals surface area contributed by atoms with E-state index in [-0.39, 0.29) is 12.7 Å². The highest BCUT2D eigenvalue weighted by molar-refractivity contribution is 6.38. The van der Waals surface area contributed by atoms with E-state index in [2.05, 4.69) is 5.32 Å². The van der Waals surface area contributed by atoms with Gasteiger partial charge < -0.3 is 24.1 Å². The molecule has 0 aliphatic carbocycles. The summed E-state index contributed by atoms with van der Waals surface area (Å²) in [4.78, 5) is 12.5. The first-order chi connectivity index (χ1) is 12.6. The number of nitrogens with zero attached hydrogens (tertiary/aromatic N) is 1. The Hall–Kier alpha value is -2.86. The van der Waals surface area contributed by atoms with Crippen LogP contribution in [0.4, 0.5) is 0 Å². The lowest BCUT2D eigenvalue weighted by Crippen LogP contribution is -2.29.